The second-order valence-electron chi connectivity index (χ2n) is 10.1. The summed E-state index contributed by atoms with van der Waals surface area (Å²) < 4.78 is 2.48. The quantitative estimate of drug-likeness (QED) is 0.770. The fraction of sp³-hybridized carbons (Fsp3) is 0.826. The summed E-state index contributed by atoms with van der Waals surface area (Å²) in [5.74, 6) is 1.20. The van der Waals surface area contributed by atoms with Crippen molar-refractivity contribution >= 4 is 5.91 Å². The van der Waals surface area contributed by atoms with Gasteiger partial charge in [-0.25, -0.2) is 4.98 Å². The maximum absolute atomic E-state index is 12.4. The smallest absolute Gasteiger partial charge is 0.222 e. The number of imidazole rings is 1. The molecule has 2 saturated heterocycles. The van der Waals surface area contributed by atoms with E-state index in [2.05, 4.69) is 31.9 Å². The fourth-order valence-electron chi connectivity index (χ4n) is 6.03. The molecule has 0 N–H and O–H groups in total. The molecule has 1 amide bonds. The number of amides is 1. The first-order chi connectivity index (χ1) is 13.7. The summed E-state index contributed by atoms with van der Waals surface area (Å²) in [5, 5.41) is 0. The van der Waals surface area contributed by atoms with E-state index in [0.717, 1.165) is 44.9 Å². The molecule has 1 atom stereocenters. The van der Waals surface area contributed by atoms with E-state index in [-0.39, 0.29) is 0 Å². The van der Waals surface area contributed by atoms with Crippen LogP contribution in [0, 0.1) is 11.3 Å². The molecule has 5 heteroatoms. The number of hydrogen-bond acceptors (Lipinski definition) is 3. The summed E-state index contributed by atoms with van der Waals surface area (Å²) in [5.41, 5.74) is 1.72. The Kier molecular flexibility index (Phi) is 5.20. The van der Waals surface area contributed by atoms with Crippen LogP contribution in [0.5, 0.6) is 0 Å². The number of carbonyl (C=O) groups excluding carboxylic acids is 1. The lowest BCUT2D eigenvalue weighted by Crippen LogP contribution is -2.54. The highest BCUT2D eigenvalue weighted by Crippen LogP contribution is 2.41. The first-order valence-corrected chi connectivity index (χ1v) is 11.7. The van der Waals surface area contributed by atoms with Crippen molar-refractivity contribution in [3.8, 4) is 0 Å². The highest BCUT2D eigenvalue weighted by Gasteiger charge is 2.42. The number of nitrogens with zero attached hydrogens (tertiary/aromatic N) is 4. The minimum Gasteiger partial charge on any atom is -0.342 e. The van der Waals surface area contributed by atoms with Crippen LogP contribution in [0.3, 0.4) is 0 Å². The minimum atomic E-state index is 0.330. The summed E-state index contributed by atoms with van der Waals surface area (Å²) in [7, 11) is 0. The van der Waals surface area contributed by atoms with Crippen LogP contribution >= 0.6 is 0 Å². The van der Waals surface area contributed by atoms with E-state index in [1.54, 1.807) is 0 Å². The third kappa shape index (κ3) is 4.00. The van der Waals surface area contributed by atoms with Gasteiger partial charge in [-0.2, -0.15) is 0 Å². The second kappa shape index (κ2) is 7.81. The number of hydrogen-bond donors (Lipinski definition) is 0. The maximum Gasteiger partial charge on any atom is 0.222 e. The summed E-state index contributed by atoms with van der Waals surface area (Å²) in [4.78, 5) is 21.8. The van der Waals surface area contributed by atoms with Crippen LogP contribution in [-0.2, 0) is 11.3 Å². The molecule has 2 aliphatic heterocycles. The summed E-state index contributed by atoms with van der Waals surface area (Å²) in [6, 6.07) is 0.659. The number of aromatic nitrogens is 2. The lowest BCUT2D eigenvalue weighted by Gasteiger charge is -2.48. The van der Waals surface area contributed by atoms with Crippen LogP contribution < -0.4 is 0 Å². The zero-order valence-corrected chi connectivity index (χ0v) is 17.3. The van der Waals surface area contributed by atoms with Gasteiger partial charge in [0.1, 0.15) is 0 Å². The van der Waals surface area contributed by atoms with Crippen LogP contribution in [0.25, 0.3) is 0 Å². The molecular weight excluding hydrogens is 348 g/mol. The normalized spacial score (nSPS) is 30.3. The molecule has 0 aromatic carbocycles. The van der Waals surface area contributed by atoms with Crippen LogP contribution in [0.4, 0.5) is 0 Å². The van der Waals surface area contributed by atoms with Crippen molar-refractivity contribution in [1.82, 2.24) is 19.4 Å². The van der Waals surface area contributed by atoms with Gasteiger partial charge in [0.2, 0.25) is 5.91 Å². The van der Waals surface area contributed by atoms with E-state index in [1.807, 2.05) is 0 Å². The Morgan fingerprint density at radius 3 is 2.71 bits per heavy atom. The topological polar surface area (TPSA) is 41.4 Å². The van der Waals surface area contributed by atoms with Crippen LogP contribution in [0.1, 0.15) is 82.4 Å². The molecular formula is C23H36N4O. The summed E-state index contributed by atoms with van der Waals surface area (Å²) in [6.45, 7) is 5.38. The van der Waals surface area contributed by atoms with Gasteiger partial charge in [0.15, 0.2) is 0 Å². The second-order valence-corrected chi connectivity index (χ2v) is 10.1. The molecule has 5 nitrogen and oxygen atoms in total. The lowest BCUT2D eigenvalue weighted by atomic mass is 9.73. The molecule has 4 fully saturated rings. The van der Waals surface area contributed by atoms with E-state index >= 15 is 0 Å². The molecule has 5 rings (SSSR count). The molecule has 0 radical (unpaired) electrons. The number of likely N-dealkylation sites (tertiary alicyclic amines) is 2. The van der Waals surface area contributed by atoms with E-state index in [1.165, 1.54) is 70.0 Å². The first kappa shape index (κ1) is 18.7. The Morgan fingerprint density at radius 2 is 1.89 bits per heavy atom. The molecule has 2 aliphatic carbocycles. The fourth-order valence-corrected chi connectivity index (χ4v) is 6.03. The van der Waals surface area contributed by atoms with Crippen molar-refractivity contribution in [3.05, 3.63) is 18.2 Å². The van der Waals surface area contributed by atoms with Gasteiger partial charge in [0.05, 0.1) is 12.0 Å². The predicted octanol–water partition coefficient (Wildman–Crippen LogP) is 4.00. The van der Waals surface area contributed by atoms with Gasteiger partial charge in [-0.1, -0.05) is 19.3 Å². The molecule has 0 bridgehead atoms. The molecule has 1 aromatic rings. The molecule has 1 spiro atoms. The van der Waals surface area contributed by atoms with Crippen molar-refractivity contribution in [3.63, 3.8) is 0 Å². The molecule has 3 heterocycles. The molecule has 0 unspecified atom stereocenters. The van der Waals surface area contributed by atoms with Gasteiger partial charge < -0.3 is 9.47 Å². The van der Waals surface area contributed by atoms with Crippen LogP contribution in [0.2, 0.25) is 0 Å². The van der Waals surface area contributed by atoms with Gasteiger partial charge in [-0.15, -0.1) is 0 Å². The SMILES string of the molecule is O=C1CC[C@@]2(CCCN(Cc3cncn3C3CCCCC3)C2)CN1CC1CC1. The first-order valence-electron chi connectivity index (χ1n) is 11.7. The van der Waals surface area contributed by atoms with Crippen molar-refractivity contribution in [2.75, 3.05) is 26.2 Å². The largest absolute Gasteiger partial charge is 0.342 e. The van der Waals surface area contributed by atoms with Gasteiger partial charge >= 0.3 is 0 Å². The monoisotopic (exact) mass is 384 g/mol. The van der Waals surface area contributed by atoms with Crippen molar-refractivity contribution in [2.45, 2.75) is 83.2 Å². The minimum absolute atomic E-state index is 0.330. The molecule has 2 saturated carbocycles. The van der Waals surface area contributed by atoms with Crippen molar-refractivity contribution in [2.24, 2.45) is 11.3 Å². The molecule has 28 heavy (non-hydrogen) atoms. The van der Waals surface area contributed by atoms with E-state index in [9.17, 15) is 4.79 Å². The Labute approximate surface area is 169 Å². The molecule has 4 aliphatic rings. The number of piperidine rings is 2. The van der Waals surface area contributed by atoms with Crippen LogP contribution in [-0.4, -0.2) is 51.4 Å². The lowest BCUT2D eigenvalue weighted by molar-refractivity contribution is -0.139. The van der Waals surface area contributed by atoms with Gasteiger partial charge in [0, 0.05) is 50.3 Å². The van der Waals surface area contributed by atoms with Crippen molar-refractivity contribution < 1.29 is 4.79 Å². The zero-order chi connectivity index (χ0) is 19.0. The molecule has 154 valence electrons. The van der Waals surface area contributed by atoms with Crippen molar-refractivity contribution in [1.29, 1.82) is 0 Å². The Bertz CT molecular complexity index is 691. The summed E-state index contributed by atoms with van der Waals surface area (Å²) >= 11 is 0. The third-order valence-electron chi connectivity index (χ3n) is 7.76. The molecule has 1 aromatic heterocycles. The zero-order valence-electron chi connectivity index (χ0n) is 17.3. The average Bonchev–Trinajstić information content (AvgIpc) is 3.41. The average molecular weight is 385 g/mol. The Balaban J connectivity index is 1.25. The standard InChI is InChI=1S/C23H36N4O/c28-22-9-11-23(17-26(22)14-19-7-8-19)10-4-12-25(16-23)15-21-13-24-18-27(21)20-5-2-1-3-6-20/h13,18-20H,1-12,14-17H2/t23-/m1/s1. The third-order valence-corrected chi connectivity index (χ3v) is 7.76. The highest BCUT2D eigenvalue weighted by molar-refractivity contribution is 5.77. The number of rotatable bonds is 5. The van der Waals surface area contributed by atoms with E-state index in [4.69, 9.17) is 0 Å². The van der Waals surface area contributed by atoms with E-state index in [0.29, 0.717) is 17.4 Å². The number of carbonyl (C=O) groups is 1. The van der Waals surface area contributed by atoms with Gasteiger partial charge in [-0.3, -0.25) is 9.69 Å². The maximum atomic E-state index is 12.4. The van der Waals surface area contributed by atoms with Gasteiger partial charge in [0.25, 0.3) is 0 Å². The predicted molar refractivity (Wildman–Crippen MR) is 110 cm³/mol. The van der Waals surface area contributed by atoms with E-state index < -0.39 is 0 Å². The Hall–Kier alpha value is -1.36. The highest BCUT2D eigenvalue weighted by atomic mass is 16.2. The Morgan fingerprint density at radius 1 is 1.04 bits per heavy atom. The van der Waals surface area contributed by atoms with Gasteiger partial charge in [-0.05, 0) is 57.4 Å². The summed E-state index contributed by atoms with van der Waals surface area (Å²) in [6.07, 6.45) is 18.0. The van der Waals surface area contributed by atoms with Crippen LogP contribution in [0.15, 0.2) is 12.5 Å².